The average Bonchev–Trinajstić information content (AvgIpc) is 3.08. The average molecular weight is 378 g/mol. The van der Waals surface area contributed by atoms with E-state index >= 15 is 0 Å². The van der Waals surface area contributed by atoms with Gasteiger partial charge in [0.2, 0.25) is 0 Å². The van der Waals surface area contributed by atoms with Gasteiger partial charge < -0.3 is 15.1 Å². The molecule has 0 fully saturated rings. The summed E-state index contributed by atoms with van der Waals surface area (Å²) < 4.78 is 0. The molecule has 0 bridgehead atoms. The maximum atomic E-state index is 4.74. The highest BCUT2D eigenvalue weighted by molar-refractivity contribution is 7.98. The molecule has 25 heavy (non-hydrogen) atoms. The molecule has 1 aromatic carbocycles. The van der Waals surface area contributed by atoms with Crippen LogP contribution in [0.25, 0.3) is 0 Å². The maximum absolute atomic E-state index is 4.74. The lowest BCUT2D eigenvalue weighted by molar-refractivity contribution is 0.476. The van der Waals surface area contributed by atoms with Gasteiger partial charge in [-0.1, -0.05) is 12.1 Å². The highest BCUT2D eigenvalue weighted by Gasteiger charge is 2.08. The number of guanidine groups is 1. The lowest BCUT2D eigenvalue weighted by Gasteiger charge is -2.22. The molecule has 7 heteroatoms. The SMILES string of the molecule is CCNC(=NCc1csc(N(C)C)n1)N(C)Cc1ccc(SC)cc1. The van der Waals surface area contributed by atoms with Gasteiger partial charge >= 0.3 is 0 Å². The summed E-state index contributed by atoms with van der Waals surface area (Å²) in [5.41, 5.74) is 2.27. The Morgan fingerprint density at radius 1 is 1.24 bits per heavy atom. The lowest BCUT2D eigenvalue weighted by atomic mass is 10.2. The summed E-state index contributed by atoms with van der Waals surface area (Å²) in [5, 5.41) is 6.45. The molecule has 0 atom stereocenters. The summed E-state index contributed by atoms with van der Waals surface area (Å²) in [6.45, 7) is 4.33. The van der Waals surface area contributed by atoms with Crippen LogP contribution in [0.1, 0.15) is 18.2 Å². The highest BCUT2D eigenvalue weighted by Crippen LogP contribution is 2.18. The minimum atomic E-state index is 0.586. The summed E-state index contributed by atoms with van der Waals surface area (Å²) in [6.07, 6.45) is 2.09. The van der Waals surface area contributed by atoms with Crippen molar-refractivity contribution in [2.45, 2.75) is 24.9 Å². The van der Waals surface area contributed by atoms with Crippen molar-refractivity contribution < 1.29 is 0 Å². The Labute approximate surface area is 159 Å². The number of anilines is 1. The fourth-order valence-electron chi connectivity index (χ4n) is 2.28. The van der Waals surface area contributed by atoms with Crippen molar-refractivity contribution in [1.82, 2.24) is 15.2 Å². The molecule has 1 N–H and O–H groups in total. The quantitative estimate of drug-likeness (QED) is 0.454. The number of aromatic nitrogens is 1. The summed E-state index contributed by atoms with van der Waals surface area (Å²) in [4.78, 5) is 14.8. The van der Waals surface area contributed by atoms with Crippen LogP contribution < -0.4 is 10.2 Å². The van der Waals surface area contributed by atoms with Crippen molar-refractivity contribution in [2.24, 2.45) is 4.99 Å². The fourth-order valence-corrected chi connectivity index (χ4v) is 3.44. The normalized spacial score (nSPS) is 11.5. The molecule has 0 aliphatic heterocycles. The number of hydrogen-bond donors (Lipinski definition) is 1. The van der Waals surface area contributed by atoms with E-state index in [9.17, 15) is 0 Å². The second kappa shape index (κ2) is 9.68. The second-order valence-corrected chi connectivity index (χ2v) is 7.61. The Hall–Kier alpha value is -1.73. The molecule has 0 saturated carbocycles. The van der Waals surface area contributed by atoms with Gasteiger partial charge in [-0.2, -0.15) is 0 Å². The van der Waals surface area contributed by atoms with Crippen molar-refractivity contribution in [3.05, 3.63) is 40.9 Å². The lowest BCUT2D eigenvalue weighted by Crippen LogP contribution is -2.38. The Morgan fingerprint density at radius 2 is 1.96 bits per heavy atom. The van der Waals surface area contributed by atoms with Gasteiger partial charge in [0.1, 0.15) is 0 Å². The molecule has 0 radical (unpaired) electrons. The van der Waals surface area contributed by atoms with Crippen molar-refractivity contribution >= 4 is 34.2 Å². The molecule has 0 saturated heterocycles. The van der Waals surface area contributed by atoms with Gasteiger partial charge in [-0.15, -0.1) is 23.1 Å². The molecule has 136 valence electrons. The van der Waals surface area contributed by atoms with Crippen molar-refractivity contribution in [3.8, 4) is 0 Å². The Bertz CT molecular complexity index is 679. The van der Waals surface area contributed by atoms with E-state index in [-0.39, 0.29) is 0 Å². The Morgan fingerprint density at radius 3 is 2.52 bits per heavy atom. The molecule has 0 amide bonds. The number of benzene rings is 1. The third-order valence-electron chi connectivity index (χ3n) is 3.59. The van der Waals surface area contributed by atoms with E-state index in [2.05, 4.69) is 65.1 Å². The first kappa shape index (κ1) is 19.6. The molecular formula is C18H27N5S2. The molecular weight excluding hydrogens is 350 g/mol. The van der Waals surface area contributed by atoms with E-state index in [0.29, 0.717) is 6.54 Å². The summed E-state index contributed by atoms with van der Waals surface area (Å²) in [7, 11) is 6.08. The van der Waals surface area contributed by atoms with Crippen LogP contribution in [-0.2, 0) is 13.1 Å². The van der Waals surface area contributed by atoms with E-state index in [1.807, 2.05) is 19.0 Å². The molecule has 0 unspecified atom stereocenters. The van der Waals surface area contributed by atoms with Crippen LogP contribution >= 0.6 is 23.1 Å². The van der Waals surface area contributed by atoms with Crippen molar-refractivity contribution in [1.29, 1.82) is 0 Å². The van der Waals surface area contributed by atoms with Crippen LogP contribution in [-0.4, -0.2) is 49.8 Å². The van der Waals surface area contributed by atoms with Crippen LogP contribution in [0.2, 0.25) is 0 Å². The molecule has 2 rings (SSSR count). The number of hydrogen-bond acceptors (Lipinski definition) is 5. The largest absolute Gasteiger partial charge is 0.357 e. The predicted octanol–water partition coefficient (Wildman–Crippen LogP) is 3.53. The van der Waals surface area contributed by atoms with Gasteiger partial charge in [0, 0.05) is 44.5 Å². The molecule has 1 aromatic heterocycles. The zero-order valence-electron chi connectivity index (χ0n) is 15.6. The first-order chi connectivity index (χ1) is 12.0. The number of rotatable bonds is 7. The van der Waals surface area contributed by atoms with Crippen molar-refractivity contribution in [3.63, 3.8) is 0 Å². The molecule has 1 heterocycles. The standard InChI is InChI=1S/C18H27N5S2/c1-6-19-17(20-11-15-13-25-18(21-15)22(2)3)23(4)12-14-7-9-16(24-5)10-8-14/h7-10,13H,6,11-12H2,1-5H3,(H,19,20). The predicted molar refractivity (Wildman–Crippen MR) is 111 cm³/mol. The van der Waals surface area contributed by atoms with Gasteiger partial charge in [0.05, 0.1) is 12.2 Å². The highest BCUT2D eigenvalue weighted by atomic mass is 32.2. The van der Waals surface area contributed by atoms with Crippen LogP contribution in [0.3, 0.4) is 0 Å². The van der Waals surface area contributed by atoms with E-state index in [1.165, 1.54) is 10.5 Å². The van der Waals surface area contributed by atoms with Crippen LogP contribution in [0.5, 0.6) is 0 Å². The smallest absolute Gasteiger partial charge is 0.194 e. The molecule has 2 aromatic rings. The van der Waals surface area contributed by atoms with Gasteiger partial charge in [0.15, 0.2) is 11.1 Å². The number of nitrogens with one attached hydrogen (secondary N) is 1. The van der Waals surface area contributed by atoms with E-state index in [0.717, 1.165) is 29.9 Å². The minimum absolute atomic E-state index is 0.586. The van der Waals surface area contributed by atoms with Gasteiger partial charge in [-0.3, -0.25) is 0 Å². The topological polar surface area (TPSA) is 43.8 Å². The zero-order chi connectivity index (χ0) is 18.2. The Kier molecular flexibility index (Phi) is 7.58. The first-order valence-electron chi connectivity index (χ1n) is 8.27. The van der Waals surface area contributed by atoms with Crippen LogP contribution in [0, 0.1) is 0 Å². The summed E-state index contributed by atoms with van der Waals surface area (Å²) in [5.74, 6) is 0.899. The molecule has 0 spiro atoms. The number of thiazole rings is 1. The summed E-state index contributed by atoms with van der Waals surface area (Å²) in [6, 6.07) is 8.68. The third kappa shape index (κ3) is 5.93. The van der Waals surface area contributed by atoms with Gasteiger partial charge in [-0.25, -0.2) is 9.98 Å². The fraction of sp³-hybridized carbons (Fsp3) is 0.444. The Balaban J connectivity index is 2.03. The second-order valence-electron chi connectivity index (χ2n) is 5.89. The number of aliphatic imine (C=N–C) groups is 1. The van der Waals surface area contributed by atoms with Gasteiger partial charge in [-0.05, 0) is 30.9 Å². The number of thioether (sulfide) groups is 1. The van der Waals surface area contributed by atoms with Gasteiger partial charge in [0.25, 0.3) is 0 Å². The van der Waals surface area contributed by atoms with Crippen LogP contribution in [0.15, 0.2) is 39.5 Å². The monoisotopic (exact) mass is 377 g/mol. The van der Waals surface area contributed by atoms with E-state index in [1.54, 1.807) is 23.1 Å². The van der Waals surface area contributed by atoms with Crippen molar-refractivity contribution in [2.75, 3.05) is 38.8 Å². The van der Waals surface area contributed by atoms with Crippen LogP contribution in [0.4, 0.5) is 5.13 Å². The first-order valence-corrected chi connectivity index (χ1v) is 10.4. The maximum Gasteiger partial charge on any atom is 0.194 e. The third-order valence-corrected chi connectivity index (χ3v) is 5.39. The molecule has 0 aliphatic rings. The van der Waals surface area contributed by atoms with E-state index < -0.39 is 0 Å². The number of nitrogens with zero attached hydrogens (tertiary/aromatic N) is 4. The minimum Gasteiger partial charge on any atom is -0.357 e. The van der Waals surface area contributed by atoms with E-state index in [4.69, 9.17) is 4.99 Å². The zero-order valence-corrected chi connectivity index (χ0v) is 17.2. The molecule has 0 aliphatic carbocycles. The summed E-state index contributed by atoms with van der Waals surface area (Å²) >= 11 is 3.41. The molecule has 5 nitrogen and oxygen atoms in total.